The second-order valence-corrected chi connectivity index (χ2v) is 4.84. The molecule has 1 aromatic heterocycles. The fourth-order valence-corrected chi connectivity index (χ4v) is 1.90. The van der Waals surface area contributed by atoms with Gasteiger partial charge in [-0.3, -0.25) is 9.36 Å². The van der Waals surface area contributed by atoms with Crippen LogP contribution in [0.1, 0.15) is 38.7 Å². The molecule has 0 bridgehead atoms. The van der Waals surface area contributed by atoms with Crippen LogP contribution in [-0.4, -0.2) is 15.2 Å². The maximum Gasteiger partial charge on any atom is 0.330 e. The van der Waals surface area contributed by atoms with Gasteiger partial charge >= 0.3 is 5.69 Å². The molecular weight excluding hydrogens is 230 g/mol. The minimum absolute atomic E-state index is 0.215. The summed E-state index contributed by atoms with van der Waals surface area (Å²) in [6.07, 6.45) is 5.07. The molecular formula is C13H23N3O2. The molecule has 1 rings (SSSR count). The second-order valence-electron chi connectivity index (χ2n) is 4.84. The zero-order chi connectivity index (χ0) is 13.7. The Kier molecular flexibility index (Phi) is 5.34. The van der Waals surface area contributed by atoms with E-state index in [1.54, 1.807) is 13.2 Å². The molecule has 1 heterocycles. The van der Waals surface area contributed by atoms with E-state index in [-0.39, 0.29) is 11.2 Å². The lowest BCUT2D eigenvalue weighted by atomic mass is 10.1. The number of hydrogen-bond acceptors (Lipinski definition) is 3. The molecule has 0 aliphatic carbocycles. The van der Waals surface area contributed by atoms with Gasteiger partial charge < -0.3 is 9.88 Å². The molecule has 0 spiro atoms. The summed E-state index contributed by atoms with van der Waals surface area (Å²) in [4.78, 5) is 23.4. The second kappa shape index (κ2) is 6.54. The normalized spacial score (nSPS) is 12.7. The molecule has 1 unspecified atom stereocenters. The minimum Gasteiger partial charge on any atom is -0.310 e. The summed E-state index contributed by atoms with van der Waals surface area (Å²) < 4.78 is 2.59. The summed E-state index contributed by atoms with van der Waals surface area (Å²) in [7, 11) is 3.17. The Labute approximate surface area is 107 Å². The van der Waals surface area contributed by atoms with Crippen molar-refractivity contribution < 1.29 is 0 Å². The monoisotopic (exact) mass is 253 g/mol. The highest BCUT2D eigenvalue weighted by Crippen LogP contribution is 2.00. The van der Waals surface area contributed by atoms with Crippen molar-refractivity contribution in [3.63, 3.8) is 0 Å². The number of aryl methyl sites for hydroxylation is 1. The van der Waals surface area contributed by atoms with Gasteiger partial charge in [-0.05, 0) is 13.3 Å². The molecule has 0 amide bonds. The van der Waals surface area contributed by atoms with Crippen LogP contribution in [0.3, 0.4) is 0 Å². The molecule has 5 heteroatoms. The van der Waals surface area contributed by atoms with Crippen molar-refractivity contribution in [3.05, 3.63) is 32.6 Å². The molecule has 1 aromatic rings. The number of rotatable bonds is 6. The molecule has 0 aliphatic rings. The van der Waals surface area contributed by atoms with Crippen molar-refractivity contribution in [1.29, 1.82) is 0 Å². The van der Waals surface area contributed by atoms with Gasteiger partial charge in [0.2, 0.25) is 0 Å². The third-order valence-electron chi connectivity index (χ3n) is 3.15. The fourth-order valence-electron chi connectivity index (χ4n) is 1.90. The Morgan fingerprint density at radius 3 is 2.61 bits per heavy atom. The van der Waals surface area contributed by atoms with E-state index in [4.69, 9.17) is 0 Å². The van der Waals surface area contributed by atoms with Crippen LogP contribution in [0.5, 0.6) is 0 Å². The predicted octanol–water partition coefficient (Wildman–Crippen LogP) is 0.752. The lowest BCUT2D eigenvalue weighted by Crippen LogP contribution is -2.40. The number of nitrogens with one attached hydrogen (secondary N) is 1. The van der Waals surface area contributed by atoms with E-state index in [9.17, 15) is 9.59 Å². The molecule has 5 nitrogen and oxygen atoms in total. The van der Waals surface area contributed by atoms with E-state index in [0.717, 1.165) is 11.0 Å². The van der Waals surface area contributed by atoms with Crippen LogP contribution in [-0.2, 0) is 20.6 Å². The summed E-state index contributed by atoms with van der Waals surface area (Å²) in [5.74, 6) is 0. The van der Waals surface area contributed by atoms with Gasteiger partial charge in [0.05, 0.1) is 0 Å². The van der Waals surface area contributed by atoms with E-state index < -0.39 is 0 Å². The Morgan fingerprint density at radius 2 is 2.00 bits per heavy atom. The van der Waals surface area contributed by atoms with Gasteiger partial charge in [-0.2, -0.15) is 0 Å². The molecule has 1 N–H and O–H groups in total. The van der Waals surface area contributed by atoms with Gasteiger partial charge in [-0.25, -0.2) is 4.79 Å². The first-order chi connectivity index (χ1) is 8.47. The lowest BCUT2D eigenvalue weighted by Gasteiger charge is -2.13. The van der Waals surface area contributed by atoms with Crippen LogP contribution in [0.4, 0.5) is 0 Å². The van der Waals surface area contributed by atoms with E-state index in [1.165, 1.54) is 24.5 Å². The number of hydrogen-bond donors (Lipinski definition) is 1. The first-order valence-electron chi connectivity index (χ1n) is 6.46. The van der Waals surface area contributed by atoms with Crippen molar-refractivity contribution in [3.8, 4) is 0 Å². The molecule has 0 aromatic carbocycles. The largest absolute Gasteiger partial charge is 0.330 e. The number of aromatic nitrogens is 2. The highest BCUT2D eigenvalue weighted by atomic mass is 16.2. The molecule has 0 saturated heterocycles. The molecule has 18 heavy (non-hydrogen) atoms. The maximum absolute atomic E-state index is 11.9. The van der Waals surface area contributed by atoms with Crippen molar-refractivity contribution >= 4 is 0 Å². The summed E-state index contributed by atoms with van der Waals surface area (Å²) in [6, 6.07) is 0.381. The molecule has 0 aliphatic heterocycles. The first kappa shape index (κ1) is 14.7. The highest BCUT2D eigenvalue weighted by molar-refractivity contribution is 5.05. The lowest BCUT2D eigenvalue weighted by molar-refractivity contribution is 0.489. The van der Waals surface area contributed by atoms with Gasteiger partial charge in [0.25, 0.3) is 5.56 Å². The first-order valence-corrected chi connectivity index (χ1v) is 6.46. The summed E-state index contributed by atoms with van der Waals surface area (Å²) in [6.45, 7) is 4.78. The van der Waals surface area contributed by atoms with Gasteiger partial charge in [0.15, 0.2) is 0 Å². The molecule has 1 atom stereocenters. The SMILES string of the molecule is CCCCC(C)NCc1cn(C)c(=O)n(C)c1=O. The average molecular weight is 253 g/mol. The standard InChI is InChI=1S/C13H23N3O2/c1-5-6-7-10(2)14-8-11-9-15(3)13(18)16(4)12(11)17/h9-10,14H,5-8H2,1-4H3. The Balaban J connectivity index is 2.74. The summed E-state index contributed by atoms with van der Waals surface area (Å²) >= 11 is 0. The van der Waals surface area contributed by atoms with E-state index in [1.807, 2.05) is 0 Å². The maximum atomic E-state index is 11.9. The zero-order valence-corrected chi connectivity index (χ0v) is 11.7. The van der Waals surface area contributed by atoms with Crippen molar-refractivity contribution in [2.75, 3.05) is 0 Å². The topological polar surface area (TPSA) is 56.0 Å². The van der Waals surface area contributed by atoms with Crippen LogP contribution in [0.2, 0.25) is 0 Å². The number of nitrogens with zero attached hydrogens (tertiary/aromatic N) is 2. The van der Waals surface area contributed by atoms with Crippen LogP contribution >= 0.6 is 0 Å². The Bertz CT molecular complexity index is 502. The molecule has 0 fully saturated rings. The highest BCUT2D eigenvalue weighted by Gasteiger charge is 2.08. The Hall–Kier alpha value is -1.36. The van der Waals surface area contributed by atoms with Crippen molar-refractivity contribution in [2.45, 2.75) is 45.7 Å². The van der Waals surface area contributed by atoms with Gasteiger partial charge in [0, 0.05) is 38.4 Å². The Morgan fingerprint density at radius 1 is 1.33 bits per heavy atom. The smallest absolute Gasteiger partial charge is 0.310 e. The van der Waals surface area contributed by atoms with E-state index in [0.29, 0.717) is 18.2 Å². The van der Waals surface area contributed by atoms with Gasteiger partial charge in [0.1, 0.15) is 0 Å². The molecule has 0 radical (unpaired) electrons. The van der Waals surface area contributed by atoms with Crippen molar-refractivity contribution in [1.82, 2.24) is 14.5 Å². The minimum atomic E-state index is -0.289. The van der Waals surface area contributed by atoms with Crippen LogP contribution in [0, 0.1) is 0 Å². The van der Waals surface area contributed by atoms with Gasteiger partial charge in [-0.15, -0.1) is 0 Å². The predicted molar refractivity (Wildman–Crippen MR) is 72.8 cm³/mol. The van der Waals surface area contributed by atoms with Gasteiger partial charge in [-0.1, -0.05) is 19.8 Å². The van der Waals surface area contributed by atoms with E-state index >= 15 is 0 Å². The zero-order valence-electron chi connectivity index (χ0n) is 11.7. The third-order valence-corrected chi connectivity index (χ3v) is 3.15. The third kappa shape index (κ3) is 3.57. The molecule has 0 saturated carbocycles. The van der Waals surface area contributed by atoms with Crippen molar-refractivity contribution in [2.24, 2.45) is 14.1 Å². The van der Waals surface area contributed by atoms with Crippen LogP contribution < -0.4 is 16.6 Å². The van der Waals surface area contributed by atoms with E-state index in [2.05, 4.69) is 19.2 Å². The molecule has 102 valence electrons. The average Bonchev–Trinajstić information content (AvgIpc) is 2.36. The summed E-state index contributed by atoms with van der Waals surface area (Å²) in [5.41, 5.74) is 0.124. The quantitative estimate of drug-likeness (QED) is 0.814. The number of unbranched alkanes of at least 4 members (excludes halogenated alkanes) is 1. The van der Waals surface area contributed by atoms with Crippen LogP contribution in [0.15, 0.2) is 15.8 Å². The van der Waals surface area contributed by atoms with Crippen LogP contribution in [0.25, 0.3) is 0 Å². The summed E-state index contributed by atoms with van der Waals surface area (Å²) in [5, 5.41) is 3.32. The fraction of sp³-hybridized carbons (Fsp3) is 0.692.